The molecule has 0 amide bonds. The quantitative estimate of drug-likeness (QED) is 0.352. The summed E-state index contributed by atoms with van der Waals surface area (Å²) in [6.45, 7) is 29.3. The minimum atomic E-state index is 0.161. The maximum atomic E-state index is 4.65. The molecule has 3 rings (SSSR count). The van der Waals surface area contributed by atoms with Gasteiger partial charge in [-0.3, -0.25) is 15.0 Å². The van der Waals surface area contributed by atoms with E-state index < -0.39 is 0 Å². The van der Waals surface area contributed by atoms with Crippen LogP contribution in [0.4, 0.5) is 0 Å². The van der Waals surface area contributed by atoms with Crippen LogP contribution in [0.1, 0.15) is 102 Å². The highest BCUT2D eigenvalue weighted by Crippen LogP contribution is 2.43. The second kappa shape index (κ2) is 14.4. The fourth-order valence-electron chi connectivity index (χ4n) is 6.19. The molecule has 0 fully saturated rings. The number of rotatable bonds is 6. The standard InChI is InChI=1S/C11H21N.C11H19N.C10H18N2/c1-9(2)11(10(3)4)5-7-12-8-6-11;1-9(2)11(10(3)4)7-5-6-8-12-11;1-8(2)10(9(3)4)5-11-7-12-6-10/h7,9-10H,5-6,8H2,1-4H3;5-6,8-10H,7H2,1-4H3;5,7-9H,6H2,1-4H3. The van der Waals surface area contributed by atoms with Crippen molar-refractivity contribution in [1.29, 1.82) is 0 Å². The zero-order valence-electron chi connectivity index (χ0n) is 25.8. The molecule has 0 N–H and O–H groups in total. The Bertz CT molecular complexity index is 708. The minimum Gasteiger partial charge on any atom is -0.297 e. The summed E-state index contributed by atoms with van der Waals surface area (Å²) in [5.74, 6) is 4.03. The molecule has 0 aromatic carbocycles. The van der Waals surface area contributed by atoms with Gasteiger partial charge in [0, 0.05) is 24.4 Å². The van der Waals surface area contributed by atoms with Gasteiger partial charge >= 0.3 is 0 Å². The average molecular weight is 499 g/mol. The lowest BCUT2D eigenvalue weighted by Crippen LogP contribution is -2.39. The van der Waals surface area contributed by atoms with Crippen molar-refractivity contribution in [3.8, 4) is 0 Å². The van der Waals surface area contributed by atoms with E-state index in [4.69, 9.17) is 0 Å². The molecule has 3 heterocycles. The van der Waals surface area contributed by atoms with Gasteiger partial charge in [0.05, 0.1) is 12.1 Å². The molecule has 0 saturated carbocycles. The molecule has 0 aromatic rings. The van der Waals surface area contributed by atoms with E-state index in [2.05, 4.69) is 122 Å². The van der Waals surface area contributed by atoms with E-state index in [-0.39, 0.29) is 11.0 Å². The monoisotopic (exact) mass is 498 g/mol. The largest absolute Gasteiger partial charge is 0.297 e. The topological polar surface area (TPSA) is 49.4 Å². The second-order valence-electron chi connectivity index (χ2n) is 13.0. The first-order valence-electron chi connectivity index (χ1n) is 14.5. The summed E-state index contributed by atoms with van der Waals surface area (Å²) in [5.41, 5.74) is 0.880. The Kier molecular flexibility index (Phi) is 13.0. The summed E-state index contributed by atoms with van der Waals surface area (Å²) in [4.78, 5) is 17.4. The molecule has 3 aliphatic rings. The van der Waals surface area contributed by atoms with Crippen LogP contribution < -0.4 is 0 Å². The highest BCUT2D eigenvalue weighted by molar-refractivity contribution is 5.79. The summed E-state index contributed by atoms with van der Waals surface area (Å²) in [6, 6.07) is 0. The summed E-state index contributed by atoms with van der Waals surface area (Å²) >= 11 is 0. The molecule has 0 aromatic heterocycles. The number of dihydropyridines is 1. The Morgan fingerprint density at radius 1 is 0.667 bits per heavy atom. The maximum Gasteiger partial charge on any atom is 0.109 e. The molecule has 4 nitrogen and oxygen atoms in total. The molecule has 0 radical (unpaired) electrons. The first-order chi connectivity index (χ1) is 16.8. The van der Waals surface area contributed by atoms with E-state index in [1.54, 1.807) is 6.34 Å². The van der Waals surface area contributed by atoms with Crippen LogP contribution in [0.3, 0.4) is 0 Å². The average Bonchev–Trinajstić information content (AvgIpc) is 2.85. The number of allylic oxidation sites excluding steroid dienone is 1. The Morgan fingerprint density at radius 2 is 1.25 bits per heavy atom. The van der Waals surface area contributed by atoms with Crippen LogP contribution in [0, 0.1) is 46.3 Å². The number of nitrogens with zero attached hydrogens (tertiary/aromatic N) is 4. The Labute approximate surface area is 224 Å². The number of hydrogen-bond donors (Lipinski definition) is 0. The van der Waals surface area contributed by atoms with Gasteiger partial charge in [0.15, 0.2) is 0 Å². The fourth-order valence-corrected chi connectivity index (χ4v) is 6.19. The van der Waals surface area contributed by atoms with Crippen LogP contribution in [-0.4, -0.2) is 43.6 Å². The van der Waals surface area contributed by atoms with Crippen molar-refractivity contribution < 1.29 is 0 Å². The summed E-state index contributed by atoms with van der Waals surface area (Å²) in [7, 11) is 0. The molecule has 206 valence electrons. The van der Waals surface area contributed by atoms with Crippen LogP contribution in [0.2, 0.25) is 0 Å². The molecular formula is C32H58N4. The predicted molar refractivity (Wildman–Crippen MR) is 163 cm³/mol. The molecule has 0 atom stereocenters. The Balaban J connectivity index is 0.000000270. The Hall–Kier alpha value is -1.58. The van der Waals surface area contributed by atoms with Gasteiger partial charge in [-0.15, -0.1) is 0 Å². The molecule has 4 heteroatoms. The van der Waals surface area contributed by atoms with E-state index >= 15 is 0 Å². The van der Waals surface area contributed by atoms with E-state index in [1.807, 2.05) is 12.3 Å². The van der Waals surface area contributed by atoms with Crippen LogP contribution in [-0.2, 0) is 0 Å². The third kappa shape index (κ3) is 7.71. The van der Waals surface area contributed by atoms with Gasteiger partial charge in [-0.25, -0.2) is 4.99 Å². The van der Waals surface area contributed by atoms with Crippen molar-refractivity contribution in [2.75, 3.05) is 13.1 Å². The van der Waals surface area contributed by atoms with Crippen molar-refractivity contribution in [2.24, 2.45) is 66.3 Å². The zero-order valence-corrected chi connectivity index (χ0v) is 25.8. The van der Waals surface area contributed by atoms with Gasteiger partial charge < -0.3 is 0 Å². The van der Waals surface area contributed by atoms with Gasteiger partial charge in [0.25, 0.3) is 0 Å². The highest BCUT2D eigenvalue weighted by Gasteiger charge is 2.38. The van der Waals surface area contributed by atoms with Crippen molar-refractivity contribution >= 4 is 25.0 Å². The summed E-state index contributed by atoms with van der Waals surface area (Å²) in [6.07, 6.45) is 15.6. The molecule has 0 bridgehead atoms. The first-order valence-corrected chi connectivity index (χ1v) is 14.5. The van der Waals surface area contributed by atoms with Crippen LogP contribution >= 0.6 is 0 Å². The van der Waals surface area contributed by atoms with E-state index in [9.17, 15) is 0 Å². The lowest BCUT2D eigenvalue weighted by Gasteiger charge is -2.42. The molecule has 0 spiro atoms. The van der Waals surface area contributed by atoms with Gasteiger partial charge in [0.2, 0.25) is 0 Å². The minimum absolute atomic E-state index is 0.161. The number of hydrogen-bond acceptors (Lipinski definition) is 4. The summed E-state index contributed by atoms with van der Waals surface area (Å²) < 4.78 is 0. The summed E-state index contributed by atoms with van der Waals surface area (Å²) in [5, 5.41) is 0. The third-order valence-electron chi connectivity index (χ3n) is 9.57. The van der Waals surface area contributed by atoms with E-state index in [0.29, 0.717) is 29.1 Å². The van der Waals surface area contributed by atoms with E-state index in [0.717, 1.165) is 31.3 Å². The molecular weight excluding hydrogens is 440 g/mol. The van der Waals surface area contributed by atoms with E-state index in [1.165, 1.54) is 12.8 Å². The normalized spacial score (nSPS) is 21.3. The smallest absolute Gasteiger partial charge is 0.109 e. The predicted octanol–water partition coefficient (Wildman–Crippen LogP) is 8.61. The lowest BCUT2D eigenvalue weighted by molar-refractivity contribution is 0.107. The van der Waals surface area contributed by atoms with Gasteiger partial charge in [-0.1, -0.05) is 89.2 Å². The highest BCUT2D eigenvalue weighted by atomic mass is 14.9. The van der Waals surface area contributed by atoms with Gasteiger partial charge in [-0.05, 0) is 72.5 Å². The number of aliphatic imine (C=N–C) groups is 4. The molecule has 3 aliphatic heterocycles. The Morgan fingerprint density at radius 3 is 1.50 bits per heavy atom. The van der Waals surface area contributed by atoms with Crippen molar-refractivity contribution in [3.63, 3.8) is 0 Å². The molecule has 36 heavy (non-hydrogen) atoms. The van der Waals surface area contributed by atoms with Crippen LogP contribution in [0.25, 0.3) is 0 Å². The van der Waals surface area contributed by atoms with Crippen LogP contribution in [0.15, 0.2) is 32.1 Å². The SMILES string of the molecule is CC(C)C1(C(C)C)C=NC=NC1.CC(C)C1(C(C)C)CC=CC=N1.CC(C)C1(C(C)C)CC=NCC1. The maximum absolute atomic E-state index is 4.65. The van der Waals surface area contributed by atoms with Gasteiger partial charge in [0.1, 0.15) is 6.34 Å². The first kappa shape index (κ1) is 32.4. The zero-order chi connectivity index (χ0) is 27.6. The second-order valence-corrected chi connectivity index (χ2v) is 13.0. The fraction of sp³-hybridized carbons (Fsp3) is 0.812. The third-order valence-corrected chi connectivity index (χ3v) is 9.57. The lowest BCUT2D eigenvalue weighted by atomic mass is 9.64. The van der Waals surface area contributed by atoms with Gasteiger partial charge in [-0.2, -0.15) is 0 Å². The van der Waals surface area contributed by atoms with Crippen molar-refractivity contribution in [1.82, 2.24) is 0 Å². The van der Waals surface area contributed by atoms with Crippen LogP contribution in [0.5, 0.6) is 0 Å². The van der Waals surface area contributed by atoms with Crippen molar-refractivity contribution in [3.05, 3.63) is 12.2 Å². The molecule has 0 saturated heterocycles. The molecule has 0 aliphatic carbocycles. The molecule has 0 unspecified atom stereocenters. The van der Waals surface area contributed by atoms with Crippen molar-refractivity contribution in [2.45, 2.75) is 108 Å².